The first-order valence-corrected chi connectivity index (χ1v) is 17.5. The Morgan fingerprint density at radius 2 is 1.45 bits per heavy atom. The summed E-state index contributed by atoms with van der Waals surface area (Å²) in [6.07, 6.45) is 11.2. The largest absolute Gasteiger partial charge is 0.506 e. The molecule has 1 aromatic rings. The third-order valence-electron chi connectivity index (χ3n) is 11.0. The average molecular weight is 671 g/mol. The van der Waals surface area contributed by atoms with Gasteiger partial charge in [0, 0.05) is 5.56 Å². The molecule has 1 aromatic carbocycles. The first-order valence-electron chi connectivity index (χ1n) is 17.5. The fourth-order valence-electron chi connectivity index (χ4n) is 8.00. The van der Waals surface area contributed by atoms with E-state index in [9.17, 15) is 15.3 Å². The zero-order valence-electron chi connectivity index (χ0n) is 31.4. The Kier molecular flexibility index (Phi) is 12.3. The van der Waals surface area contributed by atoms with E-state index in [1.165, 1.54) is 12.1 Å². The minimum atomic E-state index is -1.65. The van der Waals surface area contributed by atoms with Crippen LogP contribution >= 0.6 is 0 Å². The number of aromatic hydroxyl groups is 2. The lowest BCUT2D eigenvalue weighted by molar-refractivity contribution is -0.180. The molecule has 5 atom stereocenters. The summed E-state index contributed by atoms with van der Waals surface area (Å²) in [5.74, 6) is -3.59. The van der Waals surface area contributed by atoms with E-state index in [0.717, 1.165) is 33.9 Å². The molecule has 0 amide bonds. The molecule has 0 radical (unpaired) electrons. The number of aliphatic hydroxyl groups excluding tert-OH is 1. The summed E-state index contributed by atoms with van der Waals surface area (Å²) in [6, 6.07) is 3.70. The van der Waals surface area contributed by atoms with Gasteiger partial charge in [-0.1, -0.05) is 65.7 Å². The lowest BCUT2D eigenvalue weighted by Gasteiger charge is -2.62. The lowest BCUT2D eigenvalue weighted by Crippen LogP contribution is -2.70. The number of ketones is 3. The summed E-state index contributed by atoms with van der Waals surface area (Å²) in [7, 11) is 0. The van der Waals surface area contributed by atoms with Crippen LogP contribution in [0.5, 0.6) is 11.5 Å². The molecule has 0 aliphatic heterocycles. The second kappa shape index (κ2) is 15.3. The Morgan fingerprint density at radius 1 is 0.857 bits per heavy atom. The van der Waals surface area contributed by atoms with Crippen LogP contribution in [0, 0.1) is 28.1 Å². The fourth-order valence-corrected chi connectivity index (χ4v) is 8.00. The van der Waals surface area contributed by atoms with Gasteiger partial charge in [-0.25, -0.2) is 0 Å². The number of hydrogen-bond donors (Lipinski definition) is 3. The standard InChI is InChI=1S/C43H58O6/c1-26(2)13-12-21-41(11)33(18-15-28(5)6)25-42(24-32(30(9)10)16-14-27(3)4)38(47)36(37(46)31-17-19-34(44)35(45)23-31)39(48)43(41,40(42)49)22-20-29(7)8/h13-15,17,19-20,23,32-33,44-46H,9,12,16,18,21-22,24-25H2,1-8,10-11H3/t32-,33+,41+,42-,43+/m1/s1. The van der Waals surface area contributed by atoms with Crippen molar-refractivity contribution in [3.05, 3.63) is 88.1 Å². The fraction of sp³-hybridized carbons (Fsp3) is 0.512. The second-order valence-corrected chi connectivity index (χ2v) is 15.8. The van der Waals surface area contributed by atoms with Gasteiger partial charge in [0.05, 0.1) is 5.41 Å². The van der Waals surface area contributed by atoms with E-state index < -0.39 is 50.6 Å². The number of carbonyl (C=O) groups is 3. The predicted molar refractivity (Wildman–Crippen MR) is 199 cm³/mol. The van der Waals surface area contributed by atoms with Crippen molar-refractivity contribution in [2.75, 3.05) is 0 Å². The maximum atomic E-state index is 15.7. The smallest absolute Gasteiger partial charge is 0.184 e. The molecule has 266 valence electrons. The summed E-state index contributed by atoms with van der Waals surface area (Å²) in [6.45, 7) is 24.2. The van der Waals surface area contributed by atoms with Crippen LogP contribution in [0.4, 0.5) is 0 Å². The highest BCUT2D eigenvalue weighted by molar-refractivity contribution is 6.41. The first kappa shape index (κ1) is 39.5. The molecular formula is C43H58O6. The summed E-state index contributed by atoms with van der Waals surface area (Å²) in [4.78, 5) is 46.2. The SMILES string of the molecule is C=C(C)[C@H](CC=C(C)C)C[C@@]12C[C@H](CC=C(C)C)[C@](C)(CCC=C(C)C)[C@@](CC=C(C)C)(C(=O)C(=C(O)c3ccc(O)c(O)c3)C1=O)C2=O. The molecule has 49 heavy (non-hydrogen) atoms. The van der Waals surface area contributed by atoms with Crippen LogP contribution < -0.4 is 0 Å². The van der Waals surface area contributed by atoms with Crippen LogP contribution in [0.25, 0.3) is 5.76 Å². The molecule has 2 aliphatic carbocycles. The van der Waals surface area contributed by atoms with Gasteiger partial charge in [-0.05, 0) is 143 Å². The van der Waals surface area contributed by atoms with E-state index in [0.29, 0.717) is 25.7 Å². The van der Waals surface area contributed by atoms with Gasteiger partial charge < -0.3 is 15.3 Å². The summed E-state index contributed by atoms with van der Waals surface area (Å²) >= 11 is 0. The van der Waals surface area contributed by atoms with Gasteiger partial charge in [-0.15, -0.1) is 0 Å². The molecule has 6 heteroatoms. The molecule has 2 saturated carbocycles. The number of carbonyl (C=O) groups excluding carboxylic acids is 3. The van der Waals surface area contributed by atoms with Crippen LogP contribution in [0.15, 0.2) is 82.5 Å². The molecule has 3 rings (SSSR count). The molecule has 2 fully saturated rings. The molecule has 6 nitrogen and oxygen atoms in total. The van der Waals surface area contributed by atoms with Crippen molar-refractivity contribution in [1.29, 1.82) is 0 Å². The number of benzene rings is 1. The Bertz CT molecular complexity index is 1650. The third kappa shape index (κ3) is 7.64. The molecule has 3 N–H and O–H groups in total. The normalized spacial score (nSPS) is 26.4. The number of fused-ring (bicyclic) bond motifs is 2. The second-order valence-electron chi connectivity index (χ2n) is 15.8. The number of rotatable bonds is 13. The molecule has 2 bridgehead atoms. The number of Topliss-reactive ketones (excluding diaryl/α,β-unsaturated/α-hetero) is 3. The number of hydrogen-bond acceptors (Lipinski definition) is 6. The predicted octanol–water partition coefficient (Wildman–Crippen LogP) is 10.5. The highest BCUT2D eigenvalue weighted by atomic mass is 16.3. The minimum absolute atomic E-state index is 0.0141. The monoisotopic (exact) mass is 670 g/mol. The number of phenols is 2. The van der Waals surface area contributed by atoms with E-state index in [1.54, 1.807) is 0 Å². The van der Waals surface area contributed by atoms with Crippen LogP contribution in [0.3, 0.4) is 0 Å². The molecule has 0 aromatic heterocycles. The van der Waals surface area contributed by atoms with Crippen molar-refractivity contribution in [1.82, 2.24) is 0 Å². The maximum absolute atomic E-state index is 15.7. The molecule has 0 saturated heterocycles. The number of allylic oxidation sites excluding steroid dienone is 10. The van der Waals surface area contributed by atoms with Crippen molar-refractivity contribution in [2.45, 2.75) is 114 Å². The summed E-state index contributed by atoms with van der Waals surface area (Å²) < 4.78 is 0. The maximum Gasteiger partial charge on any atom is 0.184 e. The van der Waals surface area contributed by atoms with E-state index in [1.807, 2.05) is 75.3 Å². The Hall–Kier alpha value is -3.93. The minimum Gasteiger partial charge on any atom is -0.506 e. The van der Waals surface area contributed by atoms with Gasteiger partial charge in [0.2, 0.25) is 0 Å². The highest BCUT2D eigenvalue weighted by Crippen LogP contribution is 2.67. The Balaban J connectivity index is 2.55. The average Bonchev–Trinajstić information content (AvgIpc) is 3.00. The zero-order valence-corrected chi connectivity index (χ0v) is 31.4. The van der Waals surface area contributed by atoms with E-state index >= 15 is 14.4 Å². The van der Waals surface area contributed by atoms with Gasteiger partial charge in [-0.3, -0.25) is 14.4 Å². The lowest BCUT2D eigenvalue weighted by atomic mass is 9.37. The highest BCUT2D eigenvalue weighted by Gasteiger charge is 2.74. The summed E-state index contributed by atoms with van der Waals surface area (Å²) in [5, 5.41) is 32.2. The van der Waals surface area contributed by atoms with Gasteiger partial charge in [0.1, 0.15) is 16.7 Å². The van der Waals surface area contributed by atoms with Crippen molar-refractivity contribution < 1.29 is 29.7 Å². The third-order valence-corrected chi connectivity index (χ3v) is 11.0. The first-order chi connectivity index (χ1) is 22.7. The molecular weight excluding hydrogens is 612 g/mol. The topological polar surface area (TPSA) is 112 Å². The van der Waals surface area contributed by atoms with Crippen LogP contribution in [-0.4, -0.2) is 32.7 Å². The van der Waals surface area contributed by atoms with Crippen molar-refractivity contribution in [3.63, 3.8) is 0 Å². The van der Waals surface area contributed by atoms with E-state index in [-0.39, 0.29) is 42.4 Å². The van der Waals surface area contributed by atoms with Gasteiger partial charge in [0.25, 0.3) is 0 Å². The molecule has 0 unspecified atom stereocenters. The Labute approximate surface area is 294 Å². The van der Waals surface area contributed by atoms with Gasteiger partial charge in [0.15, 0.2) is 28.8 Å². The van der Waals surface area contributed by atoms with Crippen molar-refractivity contribution in [3.8, 4) is 11.5 Å². The molecule has 0 heterocycles. The van der Waals surface area contributed by atoms with Crippen molar-refractivity contribution >= 4 is 23.1 Å². The molecule has 2 aliphatic rings. The zero-order chi connectivity index (χ0) is 37.1. The van der Waals surface area contributed by atoms with E-state index in [4.69, 9.17) is 0 Å². The van der Waals surface area contributed by atoms with Crippen molar-refractivity contribution in [2.24, 2.45) is 28.1 Å². The molecule has 0 spiro atoms. The van der Waals surface area contributed by atoms with Crippen LogP contribution in [0.2, 0.25) is 0 Å². The Morgan fingerprint density at radius 3 is 1.98 bits per heavy atom. The van der Waals surface area contributed by atoms with Crippen LogP contribution in [0.1, 0.15) is 120 Å². The van der Waals surface area contributed by atoms with E-state index in [2.05, 4.69) is 24.8 Å². The quantitative estimate of drug-likeness (QED) is 0.0481. The number of phenolic OH excluding ortho intramolecular Hbond substituents is 2. The van der Waals surface area contributed by atoms with Gasteiger partial charge in [-0.2, -0.15) is 0 Å². The summed E-state index contributed by atoms with van der Waals surface area (Å²) in [5.41, 5.74) is 0.643. The van der Waals surface area contributed by atoms with Crippen LogP contribution in [-0.2, 0) is 14.4 Å². The van der Waals surface area contributed by atoms with Gasteiger partial charge >= 0.3 is 0 Å². The number of aliphatic hydroxyl groups is 1.